The summed E-state index contributed by atoms with van der Waals surface area (Å²) in [7, 11) is 0. The van der Waals surface area contributed by atoms with Gasteiger partial charge in [-0.05, 0) is 36.6 Å². The lowest BCUT2D eigenvalue weighted by atomic mass is 10.1. The van der Waals surface area contributed by atoms with Crippen LogP contribution in [0.15, 0.2) is 34.5 Å². The van der Waals surface area contributed by atoms with E-state index < -0.39 is 0 Å². The summed E-state index contributed by atoms with van der Waals surface area (Å²) in [6.45, 7) is 1.43. The maximum atomic E-state index is 11.0. The van der Waals surface area contributed by atoms with Crippen molar-refractivity contribution in [2.24, 2.45) is 21.7 Å². The van der Waals surface area contributed by atoms with E-state index >= 15 is 0 Å². The average Bonchev–Trinajstić information content (AvgIpc) is 2.42. The quantitative estimate of drug-likeness (QED) is 0.290. The summed E-state index contributed by atoms with van der Waals surface area (Å²) in [5.41, 5.74) is 17.3. The normalized spacial score (nSPS) is 11.0. The van der Waals surface area contributed by atoms with Gasteiger partial charge in [-0.25, -0.2) is 0 Å². The van der Waals surface area contributed by atoms with Crippen LogP contribution in [0.25, 0.3) is 0 Å². The highest BCUT2D eigenvalue weighted by molar-refractivity contribution is 7.80. The Kier molecular flexibility index (Phi) is 6.86. The van der Waals surface area contributed by atoms with E-state index in [1.165, 1.54) is 13.1 Å². The monoisotopic (exact) mass is 337 g/mol. The van der Waals surface area contributed by atoms with Crippen LogP contribution in [0.5, 0.6) is 0 Å². The summed E-state index contributed by atoms with van der Waals surface area (Å²) < 4.78 is 0. The SMILES string of the molecule is CC(=O)Nc1ccc(C(C=NNC(N)=S)=NNC(N)=S)cc1. The van der Waals surface area contributed by atoms with Crippen LogP contribution in [0.1, 0.15) is 12.5 Å². The van der Waals surface area contributed by atoms with E-state index in [1.807, 2.05) is 0 Å². The number of nitrogens with zero attached hydrogens (tertiary/aromatic N) is 2. The smallest absolute Gasteiger partial charge is 0.221 e. The predicted octanol–water partition coefficient (Wildman–Crippen LogP) is 0.00130. The number of anilines is 1. The first kappa shape index (κ1) is 17.5. The van der Waals surface area contributed by atoms with Crippen molar-refractivity contribution >= 4 is 58.2 Å². The molecule has 1 aromatic carbocycles. The number of amides is 1. The van der Waals surface area contributed by atoms with Gasteiger partial charge in [0.1, 0.15) is 5.71 Å². The Morgan fingerprint density at radius 2 is 1.73 bits per heavy atom. The molecule has 0 fully saturated rings. The first-order valence-corrected chi connectivity index (χ1v) is 6.80. The molecule has 0 saturated carbocycles. The Labute approximate surface area is 138 Å². The number of carbonyl (C=O) groups is 1. The second-order valence-corrected chi connectivity index (χ2v) is 4.85. The topological polar surface area (TPSA) is 130 Å². The van der Waals surface area contributed by atoms with Crippen molar-refractivity contribution in [3.63, 3.8) is 0 Å². The number of rotatable bonds is 5. The summed E-state index contributed by atoms with van der Waals surface area (Å²) in [6.07, 6.45) is 1.40. The molecule has 0 atom stereocenters. The number of nitrogens with two attached hydrogens (primary N) is 2. The second-order valence-electron chi connectivity index (χ2n) is 3.97. The first-order valence-electron chi connectivity index (χ1n) is 5.98. The minimum Gasteiger partial charge on any atom is -0.375 e. The molecule has 116 valence electrons. The Balaban J connectivity index is 2.97. The van der Waals surface area contributed by atoms with Gasteiger partial charge in [0, 0.05) is 18.2 Å². The van der Waals surface area contributed by atoms with Crippen molar-refractivity contribution in [2.45, 2.75) is 6.92 Å². The molecular formula is C12H15N7OS2. The first-order chi connectivity index (χ1) is 10.4. The molecule has 1 rings (SSSR count). The zero-order valence-electron chi connectivity index (χ0n) is 11.7. The molecule has 0 aliphatic carbocycles. The largest absolute Gasteiger partial charge is 0.375 e. The summed E-state index contributed by atoms with van der Waals surface area (Å²) >= 11 is 9.34. The van der Waals surface area contributed by atoms with Gasteiger partial charge in [0.25, 0.3) is 0 Å². The van der Waals surface area contributed by atoms with Crippen LogP contribution in [-0.2, 0) is 4.79 Å². The molecule has 0 spiro atoms. The van der Waals surface area contributed by atoms with Crippen LogP contribution in [-0.4, -0.2) is 28.1 Å². The summed E-state index contributed by atoms with van der Waals surface area (Å²) in [6, 6.07) is 6.94. The number of hydrazone groups is 2. The molecule has 8 nitrogen and oxygen atoms in total. The van der Waals surface area contributed by atoms with Crippen molar-refractivity contribution in [3.8, 4) is 0 Å². The van der Waals surface area contributed by atoms with Crippen molar-refractivity contribution in [3.05, 3.63) is 29.8 Å². The maximum Gasteiger partial charge on any atom is 0.221 e. The van der Waals surface area contributed by atoms with Gasteiger partial charge in [-0.15, -0.1) is 0 Å². The number of nitrogens with one attached hydrogen (secondary N) is 3. The Bertz CT molecular complexity index is 625. The fourth-order valence-corrected chi connectivity index (χ4v) is 1.47. The van der Waals surface area contributed by atoms with Crippen LogP contribution in [0.3, 0.4) is 0 Å². The average molecular weight is 337 g/mol. The minimum atomic E-state index is -0.154. The van der Waals surface area contributed by atoms with Crippen LogP contribution in [0.2, 0.25) is 0 Å². The van der Waals surface area contributed by atoms with E-state index in [0.717, 1.165) is 0 Å². The lowest BCUT2D eigenvalue weighted by Gasteiger charge is -2.05. The van der Waals surface area contributed by atoms with Crippen molar-refractivity contribution in [1.82, 2.24) is 10.9 Å². The molecule has 1 aromatic rings. The van der Waals surface area contributed by atoms with Gasteiger partial charge in [-0.1, -0.05) is 12.1 Å². The summed E-state index contributed by atoms with van der Waals surface area (Å²) in [5, 5.41) is 10.6. The highest BCUT2D eigenvalue weighted by Gasteiger charge is 2.03. The minimum absolute atomic E-state index is 0.0167. The number of carbonyl (C=O) groups excluding carboxylic acids is 1. The van der Waals surface area contributed by atoms with Gasteiger partial charge in [0.15, 0.2) is 10.2 Å². The Hall–Kier alpha value is -2.59. The molecular weight excluding hydrogens is 322 g/mol. The summed E-state index contributed by atoms with van der Waals surface area (Å²) in [5.74, 6) is -0.154. The molecule has 7 N–H and O–H groups in total. The van der Waals surface area contributed by atoms with Gasteiger partial charge < -0.3 is 16.8 Å². The van der Waals surface area contributed by atoms with E-state index in [1.54, 1.807) is 24.3 Å². The molecule has 0 aliphatic heterocycles. The third kappa shape index (κ3) is 6.72. The van der Waals surface area contributed by atoms with E-state index in [0.29, 0.717) is 17.0 Å². The molecule has 10 heteroatoms. The van der Waals surface area contributed by atoms with Gasteiger partial charge in [-0.2, -0.15) is 10.2 Å². The molecule has 0 aromatic heterocycles. The molecule has 0 unspecified atom stereocenters. The number of hydrogen-bond acceptors (Lipinski definition) is 5. The molecule has 0 heterocycles. The third-order valence-corrected chi connectivity index (χ3v) is 2.33. The zero-order chi connectivity index (χ0) is 16.5. The van der Waals surface area contributed by atoms with Gasteiger partial charge in [0.05, 0.1) is 6.21 Å². The van der Waals surface area contributed by atoms with Crippen LogP contribution < -0.4 is 27.6 Å². The highest BCUT2D eigenvalue weighted by atomic mass is 32.1. The van der Waals surface area contributed by atoms with Crippen molar-refractivity contribution < 1.29 is 4.79 Å². The molecule has 0 radical (unpaired) electrons. The Morgan fingerprint density at radius 1 is 1.14 bits per heavy atom. The van der Waals surface area contributed by atoms with Crippen LogP contribution in [0.4, 0.5) is 5.69 Å². The number of benzene rings is 1. The molecule has 0 aliphatic rings. The standard InChI is InChI=1S/C12H15N7OS2/c1-7(20)16-9-4-2-8(3-5-9)10(17-19-12(14)22)6-15-18-11(13)21/h2-6H,1H3,(H,16,20)(H3,13,18,21)(H3,14,19,22). The van der Waals surface area contributed by atoms with Gasteiger partial charge in [0.2, 0.25) is 5.91 Å². The fourth-order valence-electron chi connectivity index (χ4n) is 1.37. The highest BCUT2D eigenvalue weighted by Crippen LogP contribution is 2.10. The van der Waals surface area contributed by atoms with Crippen molar-refractivity contribution in [2.75, 3.05) is 5.32 Å². The Morgan fingerprint density at radius 3 is 2.23 bits per heavy atom. The van der Waals surface area contributed by atoms with Gasteiger partial charge >= 0.3 is 0 Å². The maximum absolute atomic E-state index is 11.0. The van der Waals surface area contributed by atoms with Crippen molar-refractivity contribution in [1.29, 1.82) is 0 Å². The van der Waals surface area contributed by atoms with E-state index in [9.17, 15) is 4.79 Å². The van der Waals surface area contributed by atoms with Gasteiger partial charge in [-0.3, -0.25) is 15.6 Å². The fraction of sp³-hybridized carbons (Fsp3) is 0.0833. The lowest BCUT2D eigenvalue weighted by molar-refractivity contribution is -0.114. The van der Waals surface area contributed by atoms with E-state index in [4.69, 9.17) is 23.7 Å². The zero-order valence-corrected chi connectivity index (χ0v) is 13.3. The number of hydrogen-bond donors (Lipinski definition) is 5. The third-order valence-electron chi connectivity index (χ3n) is 2.15. The summed E-state index contributed by atoms with van der Waals surface area (Å²) in [4.78, 5) is 11.0. The van der Waals surface area contributed by atoms with Crippen LogP contribution >= 0.6 is 24.4 Å². The van der Waals surface area contributed by atoms with E-state index in [-0.39, 0.29) is 16.1 Å². The molecule has 0 bridgehead atoms. The van der Waals surface area contributed by atoms with E-state index in [2.05, 4.69) is 38.6 Å². The second kappa shape index (κ2) is 8.64. The molecule has 0 saturated heterocycles. The predicted molar refractivity (Wildman–Crippen MR) is 95.6 cm³/mol. The lowest BCUT2D eigenvalue weighted by Crippen LogP contribution is -2.27. The molecule has 22 heavy (non-hydrogen) atoms. The molecule has 1 amide bonds. The number of thiocarbonyl (C=S) groups is 2. The van der Waals surface area contributed by atoms with Crippen LogP contribution in [0, 0.1) is 0 Å².